The summed E-state index contributed by atoms with van der Waals surface area (Å²) in [5, 5.41) is 22.1. The molecular weight excluding hydrogens is 252 g/mol. The maximum absolute atomic E-state index is 13.0. The fourth-order valence-corrected chi connectivity index (χ4v) is 1.91. The van der Waals surface area contributed by atoms with Crippen LogP contribution >= 0.6 is 0 Å². The molecule has 0 fully saturated rings. The summed E-state index contributed by atoms with van der Waals surface area (Å²) in [6, 6.07) is 3.21. The minimum atomic E-state index is -0.975. The first-order valence-corrected chi connectivity index (χ1v) is 6.41. The molecule has 1 rings (SSSR count). The van der Waals surface area contributed by atoms with Crippen LogP contribution in [0, 0.1) is 17.6 Å². The lowest BCUT2D eigenvalue weighted by atomic mass is 10.0. The van der Waals surface area contributed by atoms with Crippen molar-refractivity contribution in [2.75, 3.05) is 13.2 Å². The van der Waals surface area contributed by atoms with Gasteiger partial charge in [-0.15, -0.1) is 0 Å². The molecule has 2 unspecified atom stereocenters. The van der Waals surface area contributed by atoms with Gasteiger partial charge in [0.25, 0.3) is 0 Å². The van der Waals surface area contributed by atoms with Crippen LogP contribution in [-0.4, -0.2) is 29.4 Å². The van der Waals surface area contributed by atoms with E-state index >= 15 is 0 Å². The summed E-state index contributed by atoms with van der Waals surface area (Å²) in [7, 11) is 0. The zero-order valence-corrected chi connectivity index (χ0v) is 11.2. The molecule has 0 spiro atoms. The van der Waals surface area contributed by atoms with Crippen LogP contribution in [0.1, 0.15) is 31.9 Å². The zero-order chi connectivity index (χ0) is 14.4. The SMILES string of the molecule is CC(C)CC(CO)NCC(O)c1ccc(F)c(F)c1. The van der Waals surface area contributed by atoms with E-state index in [9.17, 15) is 19.0 Å². The predicted molar refractivity (Wildman–Crippen MR) is 69.6 cm³/mol. The molecule has 0 saturated carbocycles. The van der Waals surface area contributed by atoms with Gasteiger partial charge in [0.15, 0.2) is 11.6 Å². The average Bonchev–Trinajstić information content (AvgIpc) is 2.36. The van der Waals surface area contributed by atoms with Crippen molar-refractivity contribution < 1.29 is 19.0 Å². The molecule has 0 heterocycles. The molecule has 5 heteroatoms. The Morgan fingerprint density at radius 2 is 1.89 bits per heavy atom. The summed E-state index contributed by atoms with van der Waals surface area (Å²) in [6.07, 6.45) is -0.155. The lowest BCUT2D eigenvalue weighted by Crippen LogP contribution is -2.36. The third-order valence-corrected chi connectivity index (χ3v) is 2.90. The van der Waals surface area contributed by atoms with Crippen molar-refractivity contribution >= 4 is 0 Å². The summed E-state index contributed by atoms with van der Waals surface area (Å²) in [5.41, 5.74) is 0.313. The largest absolute Gasteiger partial charge is 0.395 e. The molecule has 108 valence electrons. The third-order valence-electron chi connectivity index (χ3n) is 2.90. The molecule has 3 N–H and O–H groups in total. The highest BCUT2D eigenvalue weighted by molar-refractivity contribution is 5.20. The van der Waals surface area contributed by atoms with Gasteiger partial charge in [-0.2, -0.15) is 0 Å². The monoisotopic (exact) mass is 273 g/mol. The minimum Gasteiger partial charge on any atom is -0.395 e. The van der Waals surface area contributed by atoms with Crippen LogP contribution in [0.2, 0.25) is 0 Å². The second-order valence-electron chi connectivity index (χ2n) is 5.11. The first-order valence-electron chi connectivity index (χ1n) is 6.41. The molecule has 1 aromatic carbocycles. The Labute approximate surface area is 112 Å². The summed E-state index contributed by atoms with van der Waals surface area (Å²) in [6.45, 7) is 4.23. The van der Waals surface area contributed by atoms with Gasteiger partial charge in [0.1, 0.15) is 0 Å². The van der Waals surface area contributed by atoms with E-state index in [2.05, 4.69) is 5.32 Å². The zero-order valence-electron chi connectivity index (χ0n) is 11.2. The molecule has 0 aliphatic rings. The Morgan fingerprint density at radius 1 is 1.21 bits per heavy atom. The van der Waals surface area contributed by atoms with Crippen molar-refractivity contribution in [1.82, 2.24) is 5.32 Å². The number of halogens is 2. The van der Waals surface area contributed by atoms with Crippen molar-refractivity contribution in [2.24, 2.45) is 5.92 Å². The van der Waals surface area contributed by atoms with E-state index in [1.165, 1.54) is 6.07 Å². The van der Waals surface area contributed by atoms with Crippen molar-refractivity contribution in [3.05, 3.63) is 35.4 Å². The van der Waals surface area contributed by atoms with E-state index < -0.39 is 17.7 Å². The highest BCUT2D eigenvalue weighted by Crippen LogP contribution is 2.16. The average molecular weight is 273 g/mol. The molecule has 0 bridgehead atoms. The van der Waals surface area contributed by atoms with Gasteiger partial charge >= 0.3 is 0 Å². The van der Waals surface area contributed by atoms with Crippen LogP contribution in [0.5, 0.6) is 0 Å². The van der Waals surface area contributed by atoms with Crippen LogP contribution in [0.25, 0.3) is 0 Å². The number of aliphatic hydroxyl groups is 2. The molecule has 0 amide bonds. The van der Waals surface area contributed by atoms with Gasteiger partial charge in [0, 0.05) is 12.6 Å². The van der Waals surface area contributed by atoms with Crippen LogP contribution in [0.3, 0.4) is 0 Å². The first kappa shape index (κ1) is 16.0. The number of hydrogen-bond acceptors (Lipinski definition) is 3. The Balaban J connectivity index is 2.54. The van der Waals surface area contributed by atoms with Crippen molar-refractivity contribution in [1.29, 1.82) is 0 Å². The van der Waals surface area contributed by atoms with E-state index in [0.29, 0.717) is 11.5 Å². The highest BCUT2D eigenvalue weighted by Gasteiger charge is 2.14. The van der Waals surface area contributed by atoms with E-state index in [4.69, 9.17) is 0 Å². The molecule has 0 aromatic heterocycles. The van der Waals surface area contributed by atoms with Gasteiger partial charge in [-0.3, -0.25) is 0 Å². The second kappa shape index (κ2) is 7.53. The van der Waals surface area contributed by atoms with Crippen LogP contribution in [0.4, 0.5) is 8.78 Å². The van der Waals surface area contributed by atoms with Crippen molar-refractivity contribution in [3.63, 3.8) is 0 Å². The molecule has 2 atom stereocenters. The summed E-state index contributed by atoms with van der Waals surface area (Å²) in [5.74, 6) is -1.49. The van der Waals surface area contributed by atoms with E-state index in [0.717, 1.165) is 18.6 Å². The van der Waals surface area contributed by atoms with Gasteiger partial charge in [0.05, 0.1) is 12.7 Å². The molecule has 1 aromatic rings. The fourth-order valence-electron chi connectivity index (χ4n) is 1.91. The molecule has 19 heavy (non-hydrogen) atoms. The number of benzene rings is 1. The van der Waals surface area contributed by atoms with Crippen molar-refractivity contribution in [2.45, 2.75) is 32.4 Å². The Morgan fingerprint density at radius 3 is 2.42 bits per heavy atom. The quantitative estimate of drug-likeness (QED) is 0.712. The number of rotatable bonds is 7. The molecule has 0 aliphatic carbocycles. The summed E-state index contributed by atoms with van der Waals surface area (Å²) in [4.78, 5) is 0. The molecule has 3 nitrogen and oxygen atoms in total. The van der Waals surface area contributed by atoms with E-state index in [-0.39, 0.29) is 19.2 Å². The second-order valence-corrected chi connectivity index (χ2v) is 5.11. The lowest BCUT2D eigenvalue weighted by Gasteiger charge is -2.20. The Kier molecular flexibility index (Phi) is 6.34. The highest BCUT2D eigenvalue weighted by atomic mass is 19.2. The number of hydrogen-bond donors (Lipinski definition) is 3. The van der Waals surface area contributed by atoms with Gasteiger partial charge in [-0.1, -0.05) is 19.9 Å². The minimum absolute atomic E-state index is 0.0251. The standard InChI is InChI=1S/C14H21F2NO2/c1-9(2)5-11(8-18)17-7-14(19)10-3-4-12(15)13(16)6-10/h3-4,6,9,11,14,17-19H,5,7-8H2,1-2H3. The molecular formula is C14H21F2NO2. The number of aliphatic hydroxyl groups excluding tert-OH is 2. The van der Waals surface area contributed by atoms with Crippen molar-refractivity contribution in [3.8, 4) is 0 Å². The summed E-state index contributed by atoms with van der Waals surface area (Å²) >= 11 is 0. The van der Waals surface area contributed by atoms with Crippen LogP contribution in [-0.2, 0) is 0 Å². The van der Waals surface area contributed by atoms with Gasteiger partial charge in [-0.05, 0) is 30.0 Å². The van der Waals surface area contributed by atoms with Gasteiger partial charge in [-0.25, -0.2) is 8.78 Å². The maximum atomic E-state index is 13.0. The maximum Gasteiger partial charge on any atom is 0.159 e. The van der Waals surface area contributed by atoms with E-state index in [1.54, 1.807) is 0 Å². The Bertz CT molecular complexity index is 399. The molecule has 0 radical (unpaired) electrons. The number of nitrogens with one attached hydrogen (secondary N) is 1. The van der Waals surface area contributed by atoms with Crippen LogP contribution in [0.15, 0.2) is 18.2 Å². The van der Waals surface area contributed by atoms with E-state index in [1.807, 2.05) is 13.8 Å². The van der Waals surface area contributed by atoms with Gasteiger partial charge in [0.2, 0.25) is 0 Å². The topological polar surface area (TPSA) is 52.5 Å². The van der Waals surface area contributed by atoms with Gasteiger partial charge < -0.3 is 15.5 Å². The molecule has 0 saturated heterocycles. The predicted octanol–water partition coefficient (Wildman–Crippen LogP) is 1.99. The smallest absolute Gasteiger partial charge is 0.159 e. The molecule has 0 aliphatic heterocycles. The lowest BCUT2D eigenvalue weighted by molar-refractivity contribution is 0.153. The fraction of sp³-hybridized carbons (Fsp3) is 0.571. The normalized spacial score (nSPS) is 14.7. The summed E-state index contributed by atoms with van der Waals surface area (Å²) < 4.78 is 25.8. The van der Waals surface area contributed by atoms with Crippen LogP contribution < -0.4 is 5.32 Å². The third kappa shape index (κ3) is 5.22. The Hall–Kier alpha value is -1.04. The first-order chi connectivity index (χ1) is 8.93.